The lowest BCUT2D eigenvalue weighted by Gasteiger charge is -2.27. The lowest BCUT2D eigenvalue weighted by Crippen LogP contribution is -2.31. The molecule has 2 aliphatic rings. The van der Waals surface area contributed by atoms with Gasteiger partial charge in [0.15, 0.2) is 0 Å². The lowest BCUT2D eigenvalue weighted by atomic mass is 9.83. The Morgan fingerprint density at radius 2 is 1.36 bits per heavy atom. The van der Waals surface area contributed by atoms with Gasteiger partial charge in [-0.2, -0.15) is 0 Å². The van der Waals surface area contributed by atoms with Crippen molar-refractivity contribution in [2.45, 2.75) is 60.3 Å². The zero-order valence-electron chi connectivity index (χ0n) is 10.8. The lowest BCUT2D eigenvalue weighted by molar-refractivity contribution is 0.257. The van der Waals surface area contributed by atoms with E-state index in [2.05, 4.69) is 12.2 Å². The number of hydrogen-bond donors (Lipinski definition) is 1. The van der Waals surface area contributed by atoms with Crippen LogP contribution in [0.3, 0.4) is 0 Å². The summed E-state index contributed by atoms with van der Waals surface area (Å²) in [5.41, 5.74) is 0.780. The van der Waals surface area contributed by atoms with Crippen molar-refractivity contribution in [2.24, 2.45) is 11.3 Å². The summed E-state index contributed by atoms with van der Waals surface area (Å²) in [7, 11) is 0. The van der Waals surface area contributed by atoms with Gasteiger partial charge in [0.1, 0.15) is 0 Å². The fourth-order valence-corrected chi connectivity index (χ4v) is 2.12. The normalized spacial score (nSPS) is 23.8. The molecule has 0 atom stereocenters. The molecule has 1 saturated carbocycles. The van der Waals surface area contributed by atoms with Crippen LogP contribution in [0.25, 0.3) is 0 Å². The Bertz CT molecular complexity index is 121. The fourth-order valence-electron chi connectivity index (χ4n) is 2.12. The summed E-state index contributed by atoms with van der Waals surface area (Å²) in [6.45, 7) is 13.0. The van der Waals surface area contributed by atoms with E-state index < -0.39 is 0 Å². The van der Waals surface area contributed by atoms with Crippen LogP contribution in [-0.2, 0) is 0 Å². The van der Waals surface area contributed by atoms with Crippen molar-refractivity contribution in [3.8, 4) is 0 Å². The van der Waals surface area contributed by atoms with Gasteiger partial charge in [0, 0.05) is 0 Å². The smallest absolute Gasteiger partial charge is 0.00461 e. The van der Waals surface area contributed by atoms with Gasteiger partial charge in [0.05, 0.1) is 0 Å². The van der Waals surface area contributed by atoms with Crippen LogP contribution in [-0.4, -0.2) is 13.1 Å². The second-order valence-electron chi connectivity index (χ2n) is 4.18. The Balaban J connectivity index is 0.000000379. The monoisotopic (exact) mass is 199 g/mol. The van der Waals surface area contributed by atoms with E-state index >= 15 is 0 Å². The average molecular weight is 199 g/mol. The molecule has 1 N–H and O–H groups in total. The first-order valence-corrected chi connectivity index (χ1v) is 6.52. The Hall–Kier alpha value is -0.0400. The maximum atomic E-state index is 3.41. The van der Waals surface area contributed by atoms with Gasteiger partial charge >= 0.3 is 0 Å². The topological polar surface area (TPSA) is 12.0 Å². The van der Waals surface area contributed by atoms with E-state index in [4.69, 9.17) is 0 Å². The molecule has 0 aromatic rings. The average Bonchev–Trinajstić information content (AvgIpc) is 3.05. The molecule has 0 bridgehead atoms. The SMILES string of the molecule is CC.CC.CC1(C2CCNCC2)CC1. The van der Waals surface area contributed by atoms with Crippen molar-refractivity contribution >= 4 is 0 Å². The summed E-state index contributed by atoms with van der Waals surface area (Å²) in [6.07, 6.45) is 5.85. The summed E-state index contributed by atoms with van der Waals surface area (Å²) in [5.74, 6) is 1.05. The van der Waals surface area contributed by atoms with E-state index in [1.54, 1.807) is 0 Å². The minimum absolute atomic E-state index is 0.780. The third-order valence-corrected chi connectivity index (χ3v) is 3.36. The van der Waals surface area contributed by atoms with E-state index in [0.717, 1.165) is 11.3 Å². The van der Waals surface area contributed by atoms with Crippen LogP contribution in [0.4, 0.5) is 0 Å². The zero-order chi connectivity index (χ0) is 11.0. The quantitative estimate of drug-likeness (QED) is 0.676. The third kappa shape index (κ3) is 4.00. The highest BCUT2D eigenvalue weighted by molar-refractivity contribution is 4.95. The Labute approximate surface area is 90.7 Å². The molecular formula is C13H29N. The molecule has 0 unspecified atom stereocenters. The molecule has 86 valence electrons. The van der Waals surface area contributed by atoms with Gasteiger partial charge in [-0.15, -0.1) is 0 Å². The molecule has 1 heterocycles. The summed E-state index contributed by atoms with van der Waals surface area (Å²) in [6, 6.07) is 0. The van der Waals surface area contributed by atoms with Crippen LogP contribution in [0.2, 0.25) is 0 Å². The van der Waals surface area contributed by atoms with Crippen molar-refractivity contribution < 1.29 is 0 Å². The van der Waals surface area contributed by atoms with Gasteiger partial charge in [0.25, 0.3) is 0 Å². The van der Waals surface area contributed by atoms with Crippen molar-refractivity contribution in [2.75, 3.05) is 13.1 Å². The summed E-state index contributed by atoms with van der Waals surface area (Å²) >= 11 is 0. The van der Waals surface area contributed by atoms with Crippen LogP contribution in [0.15, 0.2) is 0 Å². The van der Waals surface area contributed by atoms with Crippen molar-refractivity contribution in [1.29, 1.82) is 0 Å². The highest BCUT2D eigenvalue weighted by atomic mass is 14.9. The number of nitrogens with one attached hydrogen (secondary N) is 1. The molecule has 2 rings (SSSR count). The number of hydrogen-bond acceptors (Lipinski definition) is 1. The largest absolute Gasteiger partial charge is 0.317 e. The molecule has 0 amide bonds. The van der Waals surface area contributed by atoms with E-state index in [9.17, 15) is 0 Å². The van der Waals surface area contributed by atoms with Gasteiger partial charge in [-0.3, -0.25) is 0 Å². The van der Waals surface area contributed by atoms with Crippen LogP contribution >= 0.6 is 0 Å². The van der Waals surface area contributed by atoms with Gasteiger partial charge in [-0.1, -0.05) is 34.6 Å². The van der Waals surface area contributed by atoms with Crippen LogP contribution < -0.4 is 5.32 Å². The van der Waals surface area contributed by atoms with Crippen LogP contribution in [0, 0.1) is 11.3 Å². The molecule has 1 saturated heterocycles. The predicted molar refractivity (Wildman–Crippen MR) is 65.6 cm³/mol. The summed E-state index contributed by atoms with van der Waals surface area (Å²) in [5, 5.41) is 3.41. The van der Waals surface area contributed by atoms with Gasteiger partial charge in [-0.05, 0) is 50.1 Å². The van der Waals surface area contributed by atoms with E-state index in [1.165, 1.54) is 38.8 Å². The maximum absolute atomic E-state index is 3.41. The van der Waals surface area contributed by atoms with Crippen molar-refractivity contribution in [3.05, 3.63) is 0 Å². The van der Waals surface area contributed by atoms with Gasteiger partial charge in [-0.25, -0.2) is 0 Å². The zero-order valence-corrected chi connectivity index (χ0v) is 10.8. The standard InChI is InChI=1S/C9H17N.2C2H6/c1-9(4-5-9)8-2-6-10-7-3-8;2*1-2/h8,10H,2-7H2,1H3;2*1-2H3. The fraction of sp³-hybridized carbons (Fsp3) is 1.00. The number of rotatable bonds is 1. The first-order chi connectivity index (χ1) is 6.81. The Kier molecular flexibility index (Phi) is 7.26. The summed E-state index contributed by atoms with van der Waals surface area (Å²) < 4.78 is 0. The maximum Gasteiger partial charge on any atom is -0.00461 e. The van der Waals surface area contributed by atoms with Crippen LogP contribution in [0.1, 0.15) is 60.3 Å². The van der Waals surface area contributed by atoms with E-state index in [0.29, 0.717) is 0 Å². The predicted octanol–water partition coefficient (Wildman–Crippen LogP) is 3.84. The van der Waals surface area contributed by atoms with Crippen molar-refractivity contribution in [3.63, 3.8) is 0 Å². The van der Waals surface area contributed by atoms with Gasteiger partial charge in [0.2, 0.25) is 0 Å². The van der Waals surface area contributed by atoms with Gasteiger partial charge < -0.3 is 5.32 Å². The second-order valence-corrected chi connectivity index (χ2v) is 4.18. The molecule has 1 nitrogen and oxygen atoms in total. The van der Waals surface area contributed by atoms with Crippen LogP contribution in [0.5, 0.6) is 0 Å². The molecule has 0 radical (unpaired) electrons. The second kappa shape index (κ2) is 7.28. The first kappa shape index (κ1) is 14.0. The first-order valence-electron chi connectivity index (χ1n) is 6.52. The highest BCUT2D eigenvalue weighted by Gasteiger charge is 2.44. The summed E-state index contributed by atoms with van der Waals surface area (Å²) in [4.78, 5) is 0. The van der Waals surface area contributed by atoms with Crippen molar-refractivity contribution in [1.82, 2.24) is 5.32 Å². The Morgan fingerprint density at radius 1 is 0.929 bits per heavy atom. The minimum atomic E-state index is 0.780. The minimum Gasteiger partial charge on any atom is -0.317 e. The molecule has 1 aliphatic carbocycles. The molecule has 0 aromatic carbocycles. The van der Waals surface area contributed by atoms with E-state index in [-0.39, 0.29) is 0 Å². The molecule has 2 fully saturated rings. The molecule has 0 spiro atoms. The molecular weight excluding hydrogens is 170 g/mol. The Morgan fingerprint density at radius 3 is 1.71 bits per heavy atom. The molecule has 0 aromatic heterocycles. The molecule has 14 heavy (non-hydrogen) atoms. The molecule has 1 heteroatoms. The molecule has 1 aliphatic heterocycles. The number of piperidine rings is 1. The highest BCUT2D eigenvalue weighted by Crippen LogP contribution is 2.54. The van der Waals surface area contributed by atoms with E-state index in [1.807, 2.05) is 27.7 Å². The third-order valence-electron chi connectivity index (χ3n) is 3.36.